The molecule has 16 nitrogen and oxygen atoms in total. The first-order valence-corrected chi connectivity index (χ1v) is 23.9. The number of pyridine rings is 1. The van der Waals surface area contributed by atoms with Gasteiger partial charge in [-0.2, -0.15) is 9.98 Å². The fourth-order valence-corrected chi connectivity index (χ4v) is 10.9. The zero-order valence-electron chi connectivity index (χ0n) is 36.3. The van der Waals surface area contributed by atoms with Gasteiger partial charge in [0.1, 0.15) is 41.1 Å². The number of carbonyl (C=O) groups is 4. The number of nitrogens with one attached hydrogen (secondary N) is 2. The van der Waals surface area contributed by atoms with Gasteiger partial charge in [0.2, 0.25) is 21.8 Å². The van der Waals surface area contributed by atoms with Gasteiger partial charge in [0.05, 0.1) is 32.1 Å². The largest absolute Gasteiger partial charge is 0.497 e. The summed E-state index contributed by atoms with van der Waals surface area (Å²) in [5.74, 6) is -0.0830. The van der Waals surface area contributed by atoms with Crippen LogP contribution in [-0.4, -0.2) is 117 Å². The Bertz CT molecular complexity index is 2230. The lowest BCUT2D eigenvalue weighted by Gasteiger charge is -2.29. The number of nitrogens with zero attached hydrogens (tertiary/aromatic N) is 4. The molecule has 0 radical (unpaired) electrons. The Hall–Kier alpha value is -4.77. The van der Waals surface area contributed by atoms with Crippen molar-refractivity contribution in [3.63, 3.8) is 0 Å². The molecule has 2 N–H and O–H groups in total. The summed E-state index contributed by atoms with van der Waals surface area (Å²) in [6.45, 7) is 10.1. The number of benzene rings is 1. The Labute approximate surface area is 363 Å². The van der Waals surface area contributed by atoms with E-state index in [1.807, 2.05) is 64.1 Å². The Balaban J connectivity index is 1.12. The first-order chi connectivity index (χ1) is 29.7. The summed E-state index contributed by atoms with van der Waals surface area (Å²) in [5.41, 5.74) is -1.57. The van der Waals surface area contributed by atoms with Gasteiger partial charge in [-0.15, -0.1) is 0 Å². The van der Waals surface area contributed by atoms with Crippen LogP contribution in [0.3, 0.4) is 0 Å². The highest BCUT2D eigenvalue weighted by Gasteiger charge is 2.62. The molecule has 4 aliphatic carbocycles. The second kappa shape index (κ2) is 17.8. The molecule has 2 saturated heterocycles. The van der Waals surface area contributed by atoms with Crippen LogP contribution in [0.4, 0.5) is 10.6 Å². The van der Waals surface area contributed by atoms with Crippen molar-refractivity contribution in [2.24, 2.45) is 34.6 Å². The van der Waals surface area contributed by atoms with E-state index < -0.39 is 68.6 Å². The van der Waals surface area contributed by atoms with Gasteiger partial charge in [0.15, 0.2) is 0 Å². The van der Waals surface area contributed by atoms with Crippen LogP contribution >= 0.6 is 0 Å². The number of aliphatic imine (C=N–C) groups is 1. The van der Waals surface area contributed by atoms with Crippen LogP contribution in [0.2, 0.25) is 0 Å². The van der Waals surface area contributed by atoms with Crippen molar-refractivity contribution in [3.05, 3.63) is 36.4 Å². The van der Waals surface area contributed by atoms with Crippen LogP contribution in [-0.2, 0) is 33.9 Å². The third-order valence-electron chi connectivity index (χ3n) is 13.2. The topological polar surface area (TPSA) is 195 Å². The van der Waals surface area contributed by atoms with Crippen LogP contribution in [0.15, 0.2) is 41.4 Å². The highest BCUT2D eigenvalue weighted by atomic mass is 32.2. The number of carbonyl (C=O) groups excluding carboxylic acids is 4. The molecule has 0 spiro atoms. The fourth-order valence-electron chi connectivity index (χ4n) is 9.50. The van der Waals surface area contributed by atoms with E-state index in [2.05, 4.69) is 19.9 Å². The Morgan fingerprint density at radius 3 is 2.45 bits per heavy atom. The quantitative estimate of drug-likeness (QED) is 0.171. The molecule has 336 valence electrons. The van der Waals surface area contributed by atoms with Gasteiger partial charge >= 0.3 is 6.09 Å². The van der Waals surface area contributed by atoms with Crippen molar-refractivity contribution in [1.82, 2.24) is 19.9 Å². The van der Waals surface area contributed by atoms with Gasteiger partial charge in [-0.1, -0.05) is 39.8 Å². The number of rotatable bonds is 16. The summed E-state index contributed by atoms with van der Waals surface area (Å²) in [5, 5.41) is 3.79. The monoisotopic (exact) mass is 876 g/mol. The van der Waals surface area contributed by atoms with Crippen molar-refractivity contribution >= 4 is 56.1 Å². The van der Waals surface area contributed by atoms with Gasteiger partial charge in [0.25, 0.3) is 11.8 Å². The lowest BCUT2D eigenvalue weighted by atomic mass is 9.93. The van der Waals surface area contributed by atoms with Crippen molar-refractivity contribution in [3.8, 4) is 11.6 Å². The molecule has 6 fully saturated rings. The second-order valence-corrected chi connectivity index (χ2v) is 20.4. The van der Waals surface area contributed by atoms with E-state index in [0.717, 1.165) is 24.6 Å². The summed E-state index contributed by atoms with van der Waals surface area (Å²) < 4.78 is 51.8. The molecule has 0 bridgehead atoms. The average molecular weight is 877 g/mol. The third kappa shape index (κ3) is 9.58. The fraction of sp³-hybridized carbons (Fsp3) is 0.644. The smallest absolute Gasteiger partial charge is 0.434 e. The van der Waals surface area contributed by atoms with E-state index in [-0.39, 0.29) is 37.1 Å². The number of hydrogen-bond donors (Lipinski definition) is 2. The standard InChI is InChI=1S/C45H60N6O10S/c1-6-7-8-31-24-45(31,43(54)49-62(56,57)35-10-11-35)48-40(52)37-23-34(60-41-36-12-9-32(58-5)21-30(36)22-38(46-41)50-13-15-59-16-14-50)25-51(37)42(53)39(27(4)17-26(2)3)47-44(55)61-33-19-28-18-29(28)20-33/h7-9,12,21-22,26-29,31,33-35,37H,6,10-11,13-20,23-25H2,1-5H3,(H,48,52)(H,49,54). The van der Waals surface area contributed by atoms with Crippen molar-refractivity contribution in [2.75, 3.05) is 44.9 Å². The van der Waals surface area contributed by atoms with Crippen molar-refractivity contribution < 1.29 is 46.5 Å². The number of amides is 4. The number of fused-ring (bicyclic) bond motifs is 2. The highest BCUT2D eigenvalue weighted by Crippen LogP contribution is 2.52. The SMILES string of the molecule is CCC=CC1CC1(NC(=O)C1CC(Oc2nc(N3CCOCC3)cc3cc(OC)ccc23)CN1C(=O)C(=NC(=O)OC1CC2CC2C1)C(C)CC(C)C)C(=O)NS(=O)(=O)C1CC1. The van der Waals surface area contributed by atoms with E-state index >= 15 is 0 Å². The number of hydrogen-bond acceptors (Lipinski definition) is 12. The molecule has 1 aromatic heterocycles. The highest BCUT2D eigenvalue weighted by molar-refractivity contribution is 7.91. The molecule has 2 aliphatic heterocycles. The van der Waals surface area contributed by atoms with Gasteiger partial charge in [-0.25, -0.2) is 13.2 Å². The first kappa shape index (κ1) is 43.9. The van der Waals surface area contributed by atoms with E-state index in [9.17, 15) is 27.6 Å². The molecule has 2 aromatic rings. The van der Waals surface area contributed by atoms with E-state index in [0.29, 0.717) is 86.7 Å². The van der Waals surface area contributed by atoms with E-state index in [1.54, 1.807) is 7.11 Å². The molecule has 1 aromatic carbocycles. The summed E-state index contributed by atoms with van der Waals surface area (Å²) in [6, 6.07) is 6.35. The summed E-state index contributed by atoms with van der Waals surface area (Å²) in [4.78, 5) is 69.8. The maximum atomic E-state index is 15.0. The molecule has 7 atom stereocenters. The summed E-state index contributed by atoms with van der Waals surface area (Å²) >= 11 is 0. The molecule has 3 heterocycles. The van der Waals surface area contributed by atoms with E-state index in [4.69, 9.17) is 23.9 Å². The first-order valence-electron chi connectivity index (χ1n) is 22.3. The molecule has 62 heavy (non-hydrogen) atoms. The normalized spacial score (nSPS) is 28.8. The number of allylic oxidation sites excluding steroid dienone is 1. The van der Waals surface area contributed by atoms with E-state index in [1.165, 1.54) is 4.90 Å². The van der Waals surface area contributed by atoms with Gasteiger partial charge < -0.3 is 34.1 Å². The average Bonchev–Trinajstić information content (AvgIpc) is 4.21. The molecule has 8 rings (SSSR count). The van der Waals surface area contributed by atoms with Crippen LogP contribution in [0.25, 0.3) is 10.8 Å². The van der Waals surface area contributed by atoms with Crippen molar-refractivity contribution in [2.45, 2.75) is 115 Å². The zero-order valence-corrected chi connectivity index (χ0v) is 37.2. The van der Waals surface area contributed by atoms with Crippen LogP contribution in [0.5, 0.6) is 11.6 Å². The van der Waals surface area contributed by atoms with Crippen LogP contribution in [0.1, 0.15) is 85.5 Å². The van der Waals surface area contributed by atoms with Gasteiger partial charge in [-0.3, -0.25) is 19.1 Å². The molecular weight excluding hydrogens is 817 g/mol. The van der Waals surface area contributed by atoms with Crippen LogP contribution in [0, 0.1) is 29.6 Å². The molecule has 4 saturated carbocycles. The minimum Gasteiger partial charge on any atom is -0.497 e. The predicted octanol–water partition coefficient (Wildman–Crippen LogP) is 4.94. The number of likely N-dealkylation sites (tertiary alicyclic amines) is 1. The molecule has 17 heteroatoms. The minimum atomic E-state index is -3.93. The lowest BCUT2D eigenvalue weighted by Crippen LogP contribution is -2.57. The van der Waals surface area contributed by atoms with Gasteiger partial charge in [-0.05, 0) is 98.8 Å². The Morgan fingerprint density at radius 2 is 1.77 bits per heavy atom. The predicted molar refractivity (Wildman–Crippen MR) is 232 cm³/mol. The number of morpholine rings is 1. The zero-order chi connectivity index (χ0) is 43.9. The number of sulfonamides is 1. The number of aromatic nitrogens is 1. The second-order valence-electron chi connectivity index (χ2n) is 18.5. The number of methoxy groups -OCH3 is 1. The Kier molecular flexibility index (Phi) is 12.6. The maximum Gasteiger partial charge on any atom is 0.434 e. The maximum absolute atomic E-state index is 15.0. The molecule has 7 unspecified atom stereocenters. The number of anilines is 1. The Morgan fingerprint density at radius 1 is 1.03 bits per heavy atom. The number of ether oxygens (including phenoxy) is 4. The van der Waals surface area contributed by atoms with Crippen molar-refractivity contribution in [1.29, 1.82) is 0 Å². The van der Waals surface area contributed by atoms with Crippen LogP contribution < -0.4 is 24.4 Å². The summed E-state index contributed by atoms with van der Waals surface area (Å²) in [7, 11) is -2.33. The molecule has 4 amide bonds. The summed E-state index contributed by atoms with van der Waals surface area (Å²) in [6.07, 6.45) is 6.91. The van der Waals surface area contributed by atoms with Gasteiger partial charge in [0, 0.05) is 36.7 Å². The molecule has 6 aliphatic rings. The molecular formula is C45H60N6O10S. The minimum absolute atomic E-state index is 0.00730. The lowest BCUT2D eigenvalue weighted by molar-refractivity contribution is -0.136. The third-order valence-corrected chi connectivity index (χ3v) is 15.0.